The molecule has 1 aromatic carbocycles. The first-order chi connectivity index (χ1) is 10.6. The molecule has 0 heterocycles. The molecule has 5 heteroatoms. The van der Waals surface area contributed by atoms with Gasteiger partial charge in [-0.3, -0.25) is 4.79 Å². The predicted molar refractivity (Wildman–Crippen MR) is 82.5 cm³/mol. The lowest BCUT2D eigenvalue weighted by Crippen LogP contribution is -2.40. The van der Waals surface area contributed by atoms with Crippen LogP contribution >= 0.6 is 0 Å². The highest BCUT2D eigenvalue weighted by Crippen LogP contribution is 2.24. The second-order valence-corrected chi connectivity index (χ2v) is 5.90. The summed E-state index contributed by atoms with van der Waals surface area (Å²) < 4.78 is 19.0. The van der Waals surface area contributed by atoms with E-state index in [1.807, 2.05) is 6.92 Å². The van der Waals surface area contributed by atoms with Gasteiger partial charge in [0.25, 0.3) is 0 Å². The Hall–Kier alpha value is -1.62. The molecule has 0 amide bonds. The van der Waals surface area contributed by atoms with E-state index in [-0.39, 0.29) is 17.8 Å². The number of rotatable bonds is 7. The van der Waals surface area contributed by atoms with Gasteiger partial charge < -0.3 is 15.2 Å². The summed E-state index contributed by atoms with van der Waals surface area (Å²) in [6, 6.07) is 6.52. The maximum atomic E-state index is 13.2. The monoisotopic (exact) mass is 309 g/mol. The molecule has 0 spiro atoms. The second kappa shape index (κ2) is 8.13. The summed E-state index contributed by atoms with van der Waals surface area (Å²) in [7, 11) is 0. The summed E-state index contributed by atoms with van der Waals surface area (Å²) >= 11 is 0. The summed E-state index contributed by atoms with van der Waals surface area (Å²) in [6.45, 7) is 2.72. The Balaban J connectivity index is 1.76. The number of nitrogens with one attached hydrogen (secondary N) is 1. The van der Waals surface area contributed by atoms with Crippen LogP contribution in [0.1, 0.15) is 39.0 Å². The van der Waals surface area contributed by atoms with Crippen molar-refractivity contribution in [3.8, 4) is 5.75 Å². The van der Waals surface area contributed by atoms with Gasteiger partial charge in [-0.25, -0.2) is 4.39 Å². The Morgan fingerprint density at radius 1 is 1.41 bits per heavy atom. The molecule has 0 aromatic heterocycles. The average molecular weight is 309 g/mol. The van der Waals surface area contributed by atoms with Gasteiger partial charge >= 0.3 is 5.97 Å². The van der Waals surface area contributed by atoms with Crippen molar-refractivity contribution in [1.82, 2.24) is 5.32 Å². The zero-order chi connectivity index (χ0) is 15.9. The van der Waals surface area contributed by atoms with Crippen LogP contribution in [0.3, 0.4) is 0 Å². The van der Waals surface area contributed by atoms with Crippen LogP contribution < -0.4 is 10.1 Å². The van der Waals surface area contributed by atoms with Crippen LogP contribution in [-0.2, 0) is 4.79 Å². The van der Waals surface area contributed by atoms with Crippen molar-refractivity contribution in [2.24, 2.45) is 5.92 Å². The molecule has 1 aromatic rings. The Labute approximate surface area is 130 Å². The van der Waals surface area contributed by atoms with Crippen molar-refractivity contribution in [3.63, 3.8) is 0 Å². The molecule has 2 rings (SSSR count). The highest BCUT2D eigenvalue weighted by atomic mass is 19.1. The van der Waals surface area contributed by atoms with E-state index < -0.39 is 5.97 Å². The molecule has 22 heavy (non-hydrogen) atoms. The number of carboxylic acids is 1. The summed E-state index contributed by atoms with van der Waals surface area (Å²) in [6.07, 6.45) is 4.04. The van der Waals surface area contributed by atoms with Gasteiger partial charge in [0.2, 0.25) is 0 Å². The molecule has 0 bridgehead atoms. The number of carbonyl (C=O) groups is 1. The number of ether oxygens (including phenoxy) is 1. The molecule has 1 fully saturated rings. The predicted octanol–water partition coefficient (Wildman–Crippen LogP) is 3.22. The summed E-state index contributed by atoms with van der Waals surface area (Å²) in [5.41, 5.74) is 0. The van der Waals surface area contributed by atoms with Gasteiger partial charge in [-0.15, -0.1) is 0 Å². The van der Waals surface area contributed by atoms with Crippen molar-refractivity contribution < 1.29 is 19.0 Å². The first-order valence-electron chi connectivity index (χ1n) is 7.97. The smallest absolute Gasteiger partial charge is 0.306 e. The topological polar surface area (TPSA) is 58.6 Å². The summed E-state index contributed by atoms with van der Waals surface area (Å²) in [5, 5.41) is 12.5. The van der Waals surface area contributed by atoms with Crippen molar-refractivity contribution >= 4 is 5.97 Å². The van der Waals surface area contributed by atoms with Crippen LogP contribution in [0.25, 0.3) is 0 Å². The molecule has 1 unspecified atom stereocenters. The molecule has 4 nitrogen and oxygen atoms in total. The molecule has 1 aliphatic rings. The zero-order valence-corrected chi connectivity index (χ0v) is 12.9. The standard InChI is InChI=1S/C17H24FNO3/c1-2-15(22-16-5-3-4-13(18)10-16)11-19-14-8-6-12(7-9-14)17(20)21/h3-5,10,12,14-15,19H,2,6-9,11H2,1H3,(H,20,21). The van der Waals surface area contributed by atoms with Crippen LogP contribution in [0.15, 0.2) is 24.3 Å². The maximum Gasteiger partial charge on any atom is 0.306 e. The van der Waals surface area contributed by atoms with Crippen molar-refractivity contribution in [1.29, 1.82) is 0 Å². The first kappa shape index (κ1) is 16.7. The number of hydrogen-bond acceptors (Lipinski definition) is 3. The van der Waals surface area contributed by atoms with Crippen LogP contribution in [0, 0.1) is 11.7 Å². The summed E-state index contributed by atoms with van der Waals surface area (Å²) in [4.78, 5) is 10.9. The van der Waals surface area contributed by atoms with Gasteiger partial charge in [0.1, 0.15) is 17.7 Å². The fraction of sp³-hybridized carbons (Fsp3) is 0.588. The highest BCUT2D eigenvalue weighted by Gasteiger charge is 2.26. The van der Waals surface area contributed by atoms with E-state index in [0.29, 0.717) is 18.3 Å². The van der Waals surface area contributed by atoms with Gasteiger partial charge in [0, 0.05) is 18.7 Å². The molecule has 1 atom stereocenters. The average Bonchev–Trinajstić information content (AvgIpc) is 2.52. The van der Waals surface area contributed by atoms with Crippen LogP contribution in [0.5, 0.6) is 5.75 Å². The minimum Gasteiger partial charge on any atom is -0.489 e. The zero-order valence-electron chi connectivity index (χ0n) is 12.9. The molecule has 1 saturated carbocycles. The maximum absolute atomic E-state index is 13.2. The van der Waals surface area contributed by atoms with Crippen molar-refractivity contribution in [2.75, 3.05) is 6.54 Å². The molecule has 2 N–H and O–H groups in total. The van der Waals surface area contributed by atoms with Gasteiger partial charge in [0.15, 0.2) is 0 Å². The number of carboxylic acid groups (broad SMARTS) is 1. The molecule has 0 aliphatic heterocycles. The van der Waals surface area contributed by atoms with Crippen LogP contribution in [0.4, 0.5) is 4.39 Å². The Morgan fingerprint density at radius 3 is 2.73 bits per heavy atom. The quantitative estimate of drug-likeness (QED) is 0.812. The van der Waals surface area contributed by atoms with E-state index in [1.165, 1.54) is 12.1 Å². The van der Waals surface area contributed by atoms with Gasteiger partial charge in [-0.2, -0.15) is 0 Å². The SMILES string of the molecule is CCC(CNC1CCC(C(=O)O)CC1)Oc1cccc(F)c1. The van der Waals surface area contributed by atoms with Crippen molar-refractivity contribution in [3.05, 3.63) is 30.1 Å². The normalized spacial score (nSPS) is 23.0. The second-order valence-electron chi connectivity index (χ2n) is 5.90. The lowest BCUT2D eigenvalue weighted by atomic mass is 9.86. The molecular formula is C17H24FNO3. The third kappa shape index (κ3) is 4.98. The minimum absolute atomic E-state index is 0.0148. The third-order valence-corrected chi connectivity index (χ3v) is 4.26. The highest BCUT2D eigenvalue weighted by molar-refractivity contribution is 5.70. The molecule has 0 saturated heterocycles. The summed E-state index contributed by atoms with van der Waals surface area (Å²) in [5.74, 6) is -0.626. The molecule has 0 radical (unpaired) electrons. The van der Waals surface area contributed by atoms with E-state index in [9.17, 15) is 9.18 Å². The fourth-order valence-electron chi connectivity index (χ4n) is 2.84. The number of hydrogen-bond donors (Lipinski definition) is 2. The van der Waals surface area contributed by atoms with E-state index in [0.717, 1.165) is 32.1 Å². The number of aliphatic carboxylic acids is 1. The third-order valence-electron chi connectivity index (χ3n) is 4.26. The largest absolute Gasteiger partial charge is 0.489 e. The first-order valence-corrected chi connectivity index (χ1v) is 7.97. The molecule has 122 valence electrons. The minimum atomic E-state index is -0.681. The van der Waals surface area contributed by atoms with Gasteiger partial charge in [-0.05, 0) is 44.2 Å². The number of benzene rings is 1. The van der Waals surface area contributed by atoms with E-state index >= 15 is 0 Å². The van der Waals surface area contributed by atoms with Crippen LogP contribution in [0.2, 0.25) is 0 Å². The lowest BCUT2D eigenvalue weighted by Gasteiger charge is -2.28. The van der Waals surface area contributed by atoms with E-state index in [4.69, 9.17) is 9.84 Å². The fourth-order valence-corrected chi connectivity index (χ4v) is 2.84. The van der Waals surface area contributed by atoms with Gasteiger partial charge in [-0.1, -0.05) is 13.0 Å². The van der Waals surface area contributed by atoms with Crippen molar-refractivity contribution in [2.45, 2.75) is 51.2 Å². The van der Waals surface area contributed by atoms with Crippen LogP contribution in [-0.4, -0.2) is 29.8 Å². The lowest BCUT2D eigenvalue weighted by molar-refractivity contribution is -0.142. The van der Waals surface area contributed by atoms with E-state index in [2.05, 4.69) is 5.32 Å². The number of halogens is 1. The Morgan fingerprint density at radius 2 is 2.14 bits per heavy atom. The van der Waals surface area contributed by atoms with E-state index in [1.54, 1.807) is 12.1 Å². The molecule has 1 aliphatic carbocycles. The Kier molecular flexibility index (Phi) is 6.19. The molecular weight excluding hydrogens is 285 g/mol. The van der Waals surface area contributed by atoms with Gasteiger partial charge in [0.05, 0.1) is 5.92 Å². The Bertz CT molecular complexity index is 487.